The number of ketones is 1. The summed E-state index contributed by atoms with van der Waals surface area (Å²) in [6, 6.07) is 15.2. The summed E-state index contributed by atoms with van der Waals surface area (Å²) >= 11 is 0. The predicted molar refractivity (Wildman–Crippen MR) is 116 cm³/mol. The van der Waals surface area contributed by atoms with Gasteiger partial charge in [0.05, 0.1) is 0 Å². The van der Waals surface area contributed by atoms with Gasteiger partial charge in [0.1, 0.15) is 0 Å². The smallest absolute Gasteiger partial charge is 0.328 e. The summed E-state index contributed by atoms with van der Waals surface area (Å²) < 4.78 is 0. The van der Waals surface area contributed by atoms with E-state index in [4.69, 9.17) is 5.11 Å². The fourth-order valence-corrected chi connectivity index (χ4v) is 3.34. The maximum absolute atomic E-state index is 12.8. The molecule has 0 aromatic heterocycles. The van der Waals surface area contributed by atoms with Crippen LogP contribution in [-0.4, -0.2) is 59.9 Å². The van der Waals surface area contributed by atoms with Crippen LogP contribution in [0, 0.1) is 0 Å². The second kappa shape index (κ2) is 9.96. The van der Waals surface area contributed by atoms with Crippen LogP contribution in [0.15, 0.2) is 60.7 Å². The van der Waals surface area contributed by atoms with E-state index in [2.05, 4.69) is 16.8 Å². The zero-order valence-electron chi connectivity index (χ0n) is 16.6. The molecule has 5 nitrogen and oxygen atoms in total. The lowest BCUT2D eigenvalue weighted by Gasteiger charge is -2.32. The molecule has 1 fully saturated rings. The Hall–Kier alpha value is -3.02. The quantitative estimate of drug-likeness (QED) is 0.580. The van der Waals surface area contributed by atoms with Gasteiger partial charge >= 0.3 is 5.97 Å². The molecule has 1 saturated heterocycles. The number of aliphatic carboxylic acids is 1. The Balaban J connectivity index is 1.71. The predicted octanol–water partition coefficient (Wildman–Crippen LogP) is 3.43. The van der Waals surface area contributed by atoms with Crippen LogP contribution in [-0.2, 0) is 11.3 Å². The van der Waals surface area contributed by atoms with Crippen LogP contribution in [0.25, 0.3) is 12.2 Å². The number of allylic oxidation sites excluding steroid dienone is 1. The van der Waals surface area contributed by atoms with Gasteiger partial charge in [-0.15, -0.1) is 0 Å². The third-order valence-corrected chi connectivity index (χ3v) is 5.03. The van der Waals surface area contributed by atoms with Crippen LogP contribution in [0.5, 0.6) is 0 Å². The van der Waals surface area contributed by atoms with E-state index in [1.807, 2.05) is 48.5 Å². The fraction of sp³-hybridized carbons (Fsp3) is 0.250. The molecule has 0 atom stereocenters. The molecule has 2 aromatic carbocycles. The maximum atomic E-state index is 12.8. The van der Waals surface area contributed by atoms with Crippen molar-refractivity contribution < 1.29 is 14.7 Å². The van der Waals surface area contributed by atoms with E-state index in [0.717, 1.165) is 61.1 Å². The summed E-state index contributed by atoms with van der Waals surface area (Å²) in [5.74, 6) is -1.01. The Labute approximate surface area is 171 Å². The Morgan fingerprint density at radius 1 is 0.931 bits per heavy atom. The number of hydrogen-bond donors (Lipinski definition) is 1. The molecule has 0 bridgehead atoms. The average Bonchev–Trinajstić information content (AvgIpc) is 2.73. The van der Waals surface area contributed by atoms with E-state index in [0.29, 0.717) is 0 Å². The second-order valence-electron chi connectivity index (χ2n) is 7.28. The molecule has 1 aliphatic heterocycles. The summed E-state index contributed by atoms with van der Waals surface area (Å²) in [4.78, 5) is 28.2. The number of benzene rings is 2. The van der Waals surface area contributed by atoms with E-state index in [1.54, 1.807) is 12.2 Å². The van der Waals surface area contributed by atoms with Gasteiger partial charge in [-0.3, -0.25) is 9.69 Å². The summed E-state index contributed by atoms with van der Waals surface area (Å²) in [5, 5.41) is 8.75. The van der Waals surface area contributed by atoms with Crippen LogP contribution in [0.1, 0.15) is 27.0 Å². The first-order valence-corrected chi connectivity index (χ1v) is 9.73. The summed E-state index contributed by atoms with van der Waals surface area (Å²) in [5.41, 5.74) is 3.40. The molecule has 0 amide bonds. The lowest BCUT2D eigenvalue weighted by Crippen LogP contribution is -2.44. The van der Waals surface area contributed by atoms with Crippen molar-refractivity contribution in [2.45, 2.75) is 6.54 Å². The molecule has 150 valence electrons. The van der Waals surface area contributed by atoms with Gasteiger partial charge in [-0.2, -0.15) is 0 Å². The standard InChI is InChI=1S/C24H26N2O3/c1-25-13-15-26(16-14-25)18-21-7-2-3-8-22(21)23(27)11-9-19-5-4-6-20(17-19)10-12-24(28)29/h2-12,17H,13-16,18H2,1H3,(H,28,29)/b11-9+,12-10+. The lowest BCUT2D eigenvalue weighted by atomic mass is 10.0. The number of carbonyl (C=O) groups excluding carboxylic acids is 1. The van der Waals surface area contributed by atoms with E-state index in [9.17, 15) is 9.59 Å². The summed E-state index contributed by atoms with van der Waals surface area (Å²) in [6.07, 6.45) is 5.99. The first-order valence-electron chi connectivity index (χ1n) is 9.73. The third-order valence-electron chi connectivity index (χ3n) is 5.03. The zero-order chi connectivity index (χ0) is 20.6. The molecular weight excluding hydrogens is 364 g/mol. The first-order chi connectivity index (χ1) is 14.0. The maximum Gasteiger partial charge on any atom is 0.328 e. The van der Waals surface area contributed by atoms with Crippen molar-refractivity contribution in [3.63, 3.8) is 0 Å². The number of likely N-dealkylation sites (N-methyl/N-ethyl adjacent to an activating group) is 1. The molecule has 0 radical (unpaired) electrons. The molecule has 0 aliphatic carbocycles. The van der Waals surface area contributed by atoms with Crippen molar-refractivity contribution in [1.82, 2.24) is 9.80 Å². The number of rotatable bonds is 7. The highest BCUT2D eigenvalue weighted by molar-refractivity contribution is 6.07. The fourth-order valence-electron chi connectivity index (χ4n) is 3.34. The van der Waals surface area contributed by atoms with Gasteiger partial charge in [0.25, 0.3) is 0 Å². The molecule has 3 rings (SSSR count). The molecule has 0 unspecified atom stereocenters. The Bertz CT molecular complexity index is 925. The largest absolute Gasteiger partial charge is 0.478 e. The van der Waals surface area contributed by atoms with Crippen molar-refractivity contribution in [3.8, 4) is 0 Å². The van der Waals surface area contributed by atoms with Crippen molar-refractivity contribution in [2.75, 3.05) is 33.2 Å². The second-order valence-corrected chi connectivity index (χ2v) is 7.28. The highest BCUT2D eigenvalue weighted by atomic mass is 16.4. The zero-order valence-corrected chi connectivity index (χ0v) is 16.6. The van der Waals surface area contributed by atoms with Gasteiger partial charge < -0.3 is 10.0 Å². The molecule has 0 saturated carbocycles. The highest BCUT2D eigenvalue weighted by Gasteiger charge is 2.16. The van der Waals surface area contributed by atoms with E-state index >= 15 is 0 Å². The molecule has 29 heavy (non-hydrogen) atoms. The number of carboxylic acids is 1. The van der Waals surface area contributed by atoms with Gasteiger partial charge in [0.2, 0.25) is 0 Å². The number of carbonyl (C=O) groups is 2. The Kier molecular flexibility index (Phi) is 7.11. The van der Waals surface area contributed by atoms with Gasteiger partial charge in [-0.1, -0.05) is 48.5 Å². The van der Waals surface area contributed by atoms with Gasteiger partial charge in [-0.05, 0) is 42.0 Å². The number of nitrogens with zero attached hydrogens (tertiary/aromatic N) is 2. The van der Waals surface area contributed by atoms with E-state index in [1.165, 1.54) is 6.08 Å². The van der Waals surface area contributed by atoms with E-state index in [-0.39, 0.29) is 5.78 Å². The summed E-state index contributed by atoms with van der Waals surface area (Å²) in [7, 11) is 2.13. The van der Waals surface area contributed by atoms with Crippen LogP contribution >= 0.6 is 0 Å². The molecule has 1 aliphatic rings. The number of carboxylic acid groups (broad SMARTS) is 1. The van der Waals surface area contributed by atoms with Crippen LogP contribution in [0.4, 0.5) is 0 Å². The SMILES string of the molecule is CN1CCN(Cc2ccccc2C(=O)/C=C/c2cccc(/C=C/C(=O)O)c2)CC1. The minimum absolute atomic E-state index is 0.0267. The minimum atomic E-state index is -0.988. The van der Waals surface area contributed by atoms with Crippen LogP contribution < -0.4 is 0 Å². The van der Waals surface area contributed by atoms with Crippen molar-refractivity contribution in [1.29, 1.82) is 0 Å². The molecule has 2 aromatic rings. The third kappa shape index (κ3) is 6.24. The summed E-state index contributed by atoms with van der Waals surface area (Å²) in [6.45, 7) is 4.88. The lowest BCUT2D eigenvalue weighted by molar-refractivity contribution is -0.131. The number of hydrogen-bond acceptors (Lipinski definition) is 4. The molecule has 5 heteroatoms. The van der Waals surface area contributed by atoms with Gasteiger partial charge in [-0.25, -0.2) is 4.79 Å². The Morgan fingerprint density at radius 3 is 2.28 bits per heavy atom. The molecule has 1 heterocycles. The molecular formula is C24H26N2O3. The minimum Gasteiger partial charge on any atom is -0.478 e. The number of piperazine rings is 1. The normalized spacial score (nSPS) is 15.9. The Morgan fingerprint density at radius 2 is 1.59 bits per heavy atom. The van der Waals surface area contributed by atoms with Crippen LogP contribution in [0.3, 0.4) is 0 Å². The van der Waals surface area contributed by atoms with Crippen molar-refractivity contribution in [3.05, 3.63) is 82.9 Å². The monoisotopic (exact) mass is 390 g/mol. The van der Waals surface area contributed by atoms with Crippen molar-refractivity contribution >= 4 is 23.9 Å². The van der Waals surface area contributed by atoms with E-state index < -0.39 is 5.97 Å². The van der Waals surface area contributed by atoms with Crippen LogP contribution in [0.2, 0.25) is 0 Å². The van der Waals surface area contributed by atoms with Gasteiger partial charge in [0.15, 0.2) is 5.78 Å². The van der Waals surface area contributed by atoms with Crippen molar-refractivity contribution in [2.24, 2.45) is 0 Å². The molecule has 0 spiro atoms. The molecule has 1 N–H and O–H groups in total. The van der Waals surface area contributed by atoms with Gasteiger partial charge in [0, 0.05) is 44.4 Å². The average molecular weight is 390 g/mol. The first kappa shape index (κ1) is 20.7. The highest BCUT2D eigenvalue weighted by Crippen LogP contribution is 2.16. The topological polar surface area (TPSA) is 60.9 Å².